The predicted molar refractivity (Wildman–Crippen MR) is 126 cm³/mol. The monoisotopic (exact) mass is 426 g/mol. The van der Waals surface area contributed by atoms with E-state index in [0.717, 1.165) is 54.5 Å². The third-order valence-electron chi connectivity index (χ3n) is 6.01. The van der Waals surface area contributed by atoms with Gasteiger partial charge in [0.1, 0.15) is 5.82 Å². The molecule has 1 N–H and O–H groups in total. The number of hydrogen-bond donors (Lipinski definition) is 1. The Hall–Kier alpha value is -1.98. The van der Waals surface area contributed by atoms with Crippen molar-refractivity contribution in [1.82, 2.24) is 9.55 Å². The molecule has 1 aromatic carbocycles. The number of rotatable bonds is 12. The summed E-state index contributed by atoms with van der Waals surface area (Å²) in [7, 11) is 0. The molecule has 3 rings (SSSR count). The lowest BCUT2D eigenvalue weighted by Crippen LogP contribution is -2.12. The SMILES string of the molecule is CCCC(CCO)CC(=O)c1ccc2c(c1)nc(Cc1cccs1)n2C(CC)CC. The predicted octanol–water partition coefficient (Wildman–Crippen LogP) is 6.42. The summed E-state index contributed by atoms with van der Waals surface area (Å²) in [6.45, 7) is 6.72. The van der Waals surface area contributed by atoms with E-state index < -0.39 is 0 Å². The van der Waals surface area contributed by atoms with Crippen LogP contribution in [0, 0.1) is 5.92 Å². The molecule has 30 heavy (non-hydrogen) atoms. The van der Waals surface area contributed by atoms with Gasteiger partial charge in [-0.3, -0.25) is 4.79 Å². The van der Waals surface area contributed by atoms with Crippen LogP contribution in [-0.4, -0.2) is 27.0 Å². The number of ketones is 1. The van der Waals surface area contributed by atoms with E-state index >= 15 is 0 Å². The molecule has 4 nitrogen and oxygen atoms in total. The molecule has 3 aromatic rings. The van der Waals surface area contributed by atoms with Crippen molar-refractivity contribution in [3.63, 3.8) is 0 Å². The van der Waals surface area contributed by atoms with E-state index in [2.05, 4.69) is 48.9 Å². The van der Waals surface area contributed by atoms with Gasteiger partial charge < -0.3 is 9.67 Å². The molecule has 0 aliphatic rings. The minimum atomic E-state index is 0.142. The van der Waals surface area contributed by atoms with Crippen LogP contribution in [0.15, 0.2) is 35.7 Å². The van der Waals surface area contributed by atoms with Gasteiger partial charge in [-0.2, -0.15) is 0 Å². The van der Waals surface area contributed by atoms with Gasteiger partial charge in [-0.05, 0) is 54.8 Å². The number of aliphatic hydroxyl groups excluding tert-OH is 1. The summed E-state index contributed by atoms with van der Waals surface area (Å²) in [5.41, 5.74) is 2.76. The van der Waals surface area contributed by atoms with Crippen LogP contribution in [0.3, 0.4) is 0 Å². The first-order chi connectivity index (χ1) is 14.6. The number of carbonyl (C=O) groups excluding carboxylic acids is 1. The van der Waals surface area contributed by atoms with Crippen molar-refractivity contribution in [2.24, 2.45) is 5.92 Å². The number of fused-ring (bicyclic) bond motifs is 1. The first-order valence-electron chi connectivity index (χ1n) is 11.3. The highest BCUT2D eigenvalue weighted by Crippen LogP contribution is 2.29. The van der Waals surface area contributed by atoms with Crippen LogP contribution < -0.4 is 0 Å². The topological polar surface area (TPSA) is 55.1 Å². The summed E-state index contributed by atoms with van der Waals surface area (Å²) in [4.78, 5) is 19.2. The normalized spacial score (nSPS) is 12.7. The van der Waals surface area contributed by atoms with Crippen molar-refractivity contribution < 1.29 is 9.90 Å². The number of carbonyl (C=O) groups is 1. The lowest BCUT2D eigenvalue weighted by atomic mass is 9.92. The third kappa shape index (κ3) is 5.19. The minimum absolute atomic E-state index is 0.142. The summed E-state index contributed by atoms with van der Waals surface area (Å²) in [6.07, 6.45) is 6.12. The zero-order valence-corrected chi connectivity index (χ0v) is 19.3. The molecule has 0 spiro atoms. The Kier molecular flexibility index (Phi) is 8.23. The molecule has 2 aromatic heterocycles. The second-order valence-electron chi connectivity index (χ2n) is 8.12. The van der Waals surface area contributed by atoms with Gasteiger partial charge in [0.05, 0.1) is 11.0 Å². The van der Waals surface area contributed by atoms with E-state index in [4.69, 9.17) is 4.98 Å². The van der Waals surface area contributed by atoms with Crippen molar-refractivity contribution in [1.29, 1.82) is 0 Å². The standard InChI is InChI=1S/C25H34N2O2S/c1-4-8-18(12-13-28)15-24(29)19-10-11-23-22(16-19)26-25(17-21-9-7-14-30-21)27(23)20(5-2)6-3/h7,9-11,14,16,18,20,28H,4-6,8,12-13,15,17H2,1-3H3. The van der Waals surface area contributed by atoms with Gasteiger partial charge in [-0.1, -0.05) is 39.7 Å². The van der Waals surface area contributed by atoms with Gasteiger partial charge in [0.2, 0.25) is 0 Å². The molecule has 0 aliphatic carbocycles. The number of Topliss-reactive ketones (excluding diaryl/α,β-unsaturated/α-hetero) is 1. The molecule has 0 bridgehead atoms. The molecular weight excluding hydrogens is 392 g/mol. The number of benzene rings is 1. The second-order valence-corrected chi connectivity index (χ2v) is 9.15. The van der Waals surface area contributed by atoms with E-state index in [1.54, 1.807) is 11.3 Å². The van der Waals surface area contributed by atoms with E-state index in [-0.39, 0.29) is 18.3 Å². The zero-order chi connectivity index (χ0) is 21.5. The quantitative estimate of drug-likeness (QED) is 0.340. The third-order valence-corrected chi connectivity index (χ3v) is 6.89. The fraction of sp³-hybridized carbons (Fsp3) is 0.520. The van der Waals surface area contributed by atoms with E-state index in [9.17, 15) is 9.90 Å². The number of aliphatic hydroxyl groups is 1. The lowest BCUT2D eigenvalue weighted by Gasteiger charge is -2.19. The lowest BCUT2D eigenvalue weighted by molar-refractivity contribution is 0.0950. The maximum absolute atomic E-state index is 12.9. The number of thiophene rings is 1. The number of imidazole rings is 1. The molecule has 5 heteroatoms. The van der Waals surface area contributed by atoms with Crippen LogP contribution in [0.25, 0.3) is 11.0 Å². The molecule has 0 saturated carbocycles. The van der Waals surface area contributed by atoms with E-state index in [1.807, 2.05) is 12.1 Å². The highest BCUT2D eigenvalue weighted by atomic mass is 32.1. The minimum Gasteiger partial charge on any atom is -0.396 e. The van der Waals surface area contributed by atoms with Crippen molar-refractivity contribution in [3.8, 4) is 0 Å². The molecular formula is C25H34N2O2S. The summed E-state index contributed by atoms with van der Waals surface area (Å²) < 4.78 is 2.38. The molecule has 2 heterocycles. The summed E-state index contributed by atoms with van der Waals surface area (Å²) >= 11 is 1.76. The Morgan fingerprint density at radius 2 is 1.97 bits per heavy atom. The van der Waals surface area contributed by atoms with Gasteiger partial charge in [-0.15, -0.1) is 11.3 Å². The fourth-order valence-electron chi connectivity index (χ4n) is 4.40. The zero-order valence-electron chi connectivity index (χ0n) is 18.4. The number of nitrogens with zero attached hydrogens (tertiary/aromatic N) is 2. The van der Waals surface area contributed by atoms with Crippen LogP contribution in [0.5, 0.6) is 0 Å². The molecule has 0 radical (unpaired) electrons. The van der Waals surface area contributed by atoms with Gasteiger partial charge >= 0.3 is 0 Å². The molecule has 0 saturated heterocycles. The Bertz CT molecular complexity index is 936. The van der Waals surface area contributed by atoms with Crippen LogP contribution in [-0.2, 0) is 6.42 Å². The van der Waals surface area contributed by atoms with Gasteiger partial charge in [0.15, 0.2) is 5.78 Å². The van der Waals surface area contributed by atoms with Crippen molar-refractivity contribution in [2.75, 3.05) is 6.61 Å². The fourth-order valence-corrected chi connectivity index (χ4v) is 5.10. The molecule has 1 atom stereocenters. The molecule has 0 amide bonds. The Morgan fingerprint density at radius 3 is 2.60 bits per heavy atom. The Morgan fingerprint density at radius 1 is 1.17 bits per heavy atom. The van der Waals surface area contributed by atoms with Crippen LogP contribution >= 0.6 is 11.3 Å². The van der Waals surface area contributed by atoms with E-state index in [0.29, 0.717) is 18.9 Å². The second kappa shape index (κ2) is 10.9. The van der Waals surface area contributed by atoms with Gasteiger partial charge in [0, 0.05) is 35.9 Å². The number of hydrogen-bond acceptors (Lipinski definition) is 4. The molecule has 0 fully saturated rings. The maximum Gasteiger partial charge on any atom is 0.163 e. The number of aromatic nitrogens is 2. The summed E-state index contributed by atoms with van der Waals surface area (Å²) in [6, 6.07) is 10.7. The first-order valence-corrected chi connectivity index (χ1v) is 12.2. The average Bonchev–Trinajstić information content (AvgIpc) is 3.37. The highest BCUT2D eigenvalue weighted by Gasteiger charge is 2.20. The molecule has 162 valence electrons. The van der Waals surface area contributed by atoms with Crippen LogP contribution in [0.1, 0.15) is 86.4 Å². The van der Waals surface area contributed by atoms with Crippen molar-refractivity contribution in [3.05, 3.63) is 52.0 Å². The van der Waals surface area contributed by atoms with Crippen molar-refractivity contribution >= 4 is 28.2 Å². The largest absolute Gasteiger partial charge is 0.396 e. The summed E-state index contributed by atoms with van der Waals surface area (Å²) in [5, 5.41) is 11.4. The Balaban J connectivity index is 1.94. The van der Waals surface area contributed by atoms with Crippen LogP contribution in [0.2, 0.25) is 0 Å². The summed E-state index contributed by atoms with van der Waals surface area (Å²) in [5.74, 6) is 1.48. The molecule has 0 aliphatic heterocycles. The van der Waals surface area contributed by atoms with Gasteiger partial charge in [-0.25, -0.2) is 4.98 Å². The van der Waals surface area contributed by atoms with Crippen LogP contribution in [0.4, 0.5) is 0 Å². The molecule has 1 unspecified atom stereocenters. The van der Waals surface area contributed by atoms with E-state index in [1.165, 1.54) is 4.88 Å². The average molecular weight is 427 g/mol. The maximum atomic E-state index is 12.9. The van der Waals surface area contributed by atoms with Gasteiger partial charge in [0.25, 0.3) is 0 Å². The van der Waals surface area contributed by atoms with Crippen molar-refractivity contribution in [2.45, 2.75) is 71.8 Å². The Labute approximate surface area is 184 Å². The highest BCUT2D eigenvalue weighted by molar-refractivity contribution is 7.09. The first kappa shape index (κ1) is 22.7. The smallest absolute Gasteiger partial charge is 0.163 e.